The average molecular weight is 202 g/mol. The van der Waals surface area contributed by atoms with Gasteiger partial charge in [0.15, 0.2) is 0 Å². The van der Waals surface area contributed by atoms with Gasteiger partial charge in [0.05, 0.1) is 6.10 Å². The maximum absolute atomic E-state index is 5.38. The molecule has 0 saturated heterocycles. The second kappa shape index (κ2) is 11.0. The predicted molar refractivity (Wildman–Crippen MR) is 60.7 cm³/mol. The summed E-state index contributed by atoms with van der Waals surface area (Å²) in [6, 6.07) is 0. The molecule has 0 N–H and O–H groups in total. The highest BCUT2D eigenvalue weighted by molar-refractivity contribution is 4.57. The SMILES string of the molecule is CCCCCCCC(CCOC)OC. The van der Waals surface area contributed by atoms with Crippen LogP contribution in [-0.4, -0.2) is 26.9 Å². The Balaban J connectivity index is 3.24. The molecule has 0 radical (unpaired) electrons. The van der Waals surface area contributed by atoms with Crippen LogP contribution in [-0.2, 0) is 9.47 Å². The van der Waals surface area contributed by atoms with Crippen LogP contribution in [0.5, 0.6) is 0 Å². The first kappa shape index (κ1) is 13.9. The fourth-order valence-corrected chi connectivity index (χ4v) is 1.60. The molecule has 0 spiro atoms. The lowest BCUT2D eigenvalue weighted by Crippen LogP contribution is -2.13. The number of unbranched alkanes of at least 4 members (excludes halogenated alkanes) is 4. The molecular formula is C12H26O2. The number of hydrogen-bond donors (Lipinski definition) is 0. The number of hydrogen-bond acceptors (Lipinski definition) is 2. The van der Waals surface area contributed by atoms with E-state index >= 15 is 0 Å². The molecule has 86 valence electrons. The van der Waals surface area contributed by atoms with Gasteiger partial charge < -0.3 is 9.47 Å². The minimum Gasteiger partial charge on any atom is -0.385 e. The molecule has 0 amide bonds. The normalized spacial score (nSPS) is 13.1. The molecule has 0 rings (SSSR count). The van der Waals surface area contributed by atoms with Gasteiger partial charge in [0.2, 0.25) is 0 Å². The molecule has 0 heterocycles. The molecule has 0 aromatic rings. The van der Waals surface area contributed by atoms with E-state index in [0.29, 0.717) is 6.10 Å². The lowest BCUT2D eigenvalue weighted by molar-refractivity contribution is 0.0590. The van der Waals surface area contributed by atoms with Crippen LogP contribution in [0.15, 0.2) is 0 Å². The molecule has 14 heavy (non-hydrogen) atoms. The maximum atomic E-state index is 5.38. The fourth-order valence-electron chi connectivity index (χ4n) is 1.60. The van der Waals surface area contributed by atoms with Crippen molar-refractivity contribution in [3.05, 3.63) is 0 Å². The molecule has 1 atom stereocenters. The summed E-state index contributed by atoms with van der Waals surface area (Å²) in [7, 11) is 3.54. The number of rotatable bonds is 10. The zero-order chi connectivity index (χ0) is 10.6. The monoisotopic (exact) mass is 202 g/mol. The molecule has 0 aromatic heterocycles. The lowest BCUT2D eigenvalue weighted by atomic mass is 10.1. The number of methoxy groups -OCH3 is 2. The van der Waals surface area contributed by atoms with Gasteiger partial charge in [-0.05, 0) is 12.8 Å². The molecular weight excluding hydrogens is 176 g/mol. The third-order valence-corrected chi connectivity index (χ3v) is 2.61. The Hall–Kier alpha value is -0.0800. The predicted octanol–water partition coefficient (Wildman–Crippen LogP) is 3.40. The summed E-state index contributed by atoms with van der Waals surface area (Å²) >= 11 is 0. The van der Waals surface area contributed by atoms with Crippen LogP contribution in [0.3, 0.4) is 0 Å². The van der Waals surface area contributed by atoms with E-state index < -0.39 is 0 Å². The van der Waals surface area contributed by atoms with Gasteiger partial charge in [-0.1, -0.05) is 39.0 Å². The van der Waals surface area contributed by atoms with Crippen molar-refractivity contribution in [3.8, 4) is 0 Å². The second-order valence-corrected chi connectivity index (χ2v) is 3.84. The van der Waals surface area contributed by atoms with E-state index in [9.17, 15) is 0 Å². The standard InChI is InChI=1S/C12H26O2/c1-4-5-6-7-8-9-12(14-3)10-11-13-2/h12H,4-11H2,1-3H3. The Morgan fingerprint density at radius 1 is 0.929 bits per heavy atom. The molecule has 0 aliphatic rings. The van der Waals surface area contributed by atoms with Gasteiger partial charge in [0.1, 0.15) is 0 Å². The average Bonchev–Trinajstić information content (AvgIpc) is 2.22. The van der Waals surface area contributed by atoms with Gasteiger partial charge in [-0.25, -0.2) is 0 Å². The van der Waals surface area contributed by atoms with Crippen molar-refractivity contribution >= 4 is 0 Å². The quantitative estimate of drug-likeness (QED) is 0.505. The van der Waals surface area contributed by atoms with Crippen LogP contribution in [0.1, 0.15) is 51.9 Å². The van der Waals surface area contributed by atoms with Gasteiger partial charge in [-0.2, -0.15) is 0 Å². The molecule has 0 aromatic carbocycles. The highest BCUT2D eigenvalue weighted by Gasteiger charge is 2.05. The highest BCUT2D eigenvalue weighted by atomic mass is 16.5. The highest BCUT2D eigenvalue weighted by Crippen LogP contribution is 2.11. The van der Waals surface area contributed by atoms with Gasteiger partial charge >= 0.3 is 0 Å². The molecule has 0 aliphatic heterocycles. The topological polar surface area (TPSA) is 18.5 Å². The molecule has 1 unspecified atom stereocenters. The largest absolute Gasteiger partial charge is 0.385 e. The first-order valence-electron chi connectivity index (χ1n) is 5.86. The fraction of sp³-hybridized carbons (Fsp3) is 1.00. The Bertz CT molecular complexity index is 104. The van der Waals surface area contributed by atoms with E-state index in [1.54, 1.807) is 14.2 Å². The zero-order valence-electron chi connectivity index (χ0n) is 10.1. The minimum atomic E-state index is 0.400. The van der Waals surface area contributed by atoms with E-state index in [1.807, 2.05) is 0 Å². The van der Waals surface area contributed by atoms with Crippen molar-refractivity contribution in [2.75, 3.05) is 20.8 Å². The van der Waals surface area contributed by atoms with Crippen molar-refractivity contribution in [2.45, 2.75) is 58.0 Å². The molecule has 0 bridgehead atoms. The number of ether oxygens (including phenoxy) is 2. The van der Waals surface area contributed by atoms with E-state index in [-0.39, 0.29) is 0 Å². The van der Waals surface area contributed by atoms with E-state index in [2.05, 4.69) is 6.92 Å². The van der Waals surface area contributed by atoms with Crippen molar-refractivity contribution in [1.29, 1.82) is 0 Å². The van der Waals surface area contributed by atoms with Crippen LogP contribution in [0.4, 0.5) is 0 Å². The summed E-state index contributed by atoms with van der Waals surface area (Å²) in [5.41, 5.74) is 0. The van der Waals surface area contributed by atoms with Crippen molar-refractivity contribution in [2.24, 2.45) is 0 Å². The summed E-state index contributed by atoms with van der Waals surface area (Å²) < 4.78 is 10.4. The maximum Gasteiger partial charge on any atom is 0.0593 e. The van der Waals surface area contributed by atoms with Gasteiger partial charge in [-0.15, -0.1) is 0 Å². The van der Waals surface area contributed by atoms with Crippen LogP contribution in [0.25, 0.3) is 0 Å². The van der Waals surface area contributed by atoms with Crippen molar-refractivity contribution in [1.82, 2.24) is 0 Å². The Kier molecular flexibility index (Phi) is 10.9. The second-order valence-electron chi connectivity index (χ2n) is 3.84. The minimum absolute atomic E-state index is 0.400. The lowest BCUT2D eigenvalue weighted by Gasteiger charge is -2.14. The van der Waals surface area contributed by atoms with Crippen molar-refractivity contribution < 1.29 is 9.47 Å². The smallest absolute Gasteiger partial charge is 0.0593 e. The van der Waals surface area contributed by atoms with Crippen LogP contribution < -0.4 is 0 Å². The first-order valence-corrected chi connectivity index (χ1v) is 5.86. The first-order chi connectivity index (χ1) is 6.85. The molecule has 2 nitrogen and oxygen atoms in total. The molecule has 0 fully saturated rings. The Morgan fingerprint density at radius 2 is 1.64 bits per heavy atom. The Morgan fingerprint density at radius 3 is 2.21 bits per heavy atom. The summed E-state index contributed by atoms with van der Waals surface area (Å²) in [6.07, 6.45) is 9.31. The molecule has 0 aliphatic carbocycles. The van der Waals surface area contributed by atoms with Gasteiger partial charge in [-0.3, -0.25) is 0 Å². The molecule has 2 heteroatoms. The van der Waals surface area contributed by atoms with E-state index in [0.717, 1.165) is 13.0 Å². The third-order valence-electron chi connectivity index (χ3n) is 2.61. The Labute approximate surface area is 89.0 Å². The zero-order valence-corrected chi connectivity index (χ0v) is 10.1. The summed E-state index contributed by atoms with van der Waals surface area (Å²) in [4.78, 5) is 0. The van der Waals surface area contributed by atoms with Crippen LogP contribution >= 0.6 is 0 Å². The molecule has 0 saturated carbocycles. The van der Waals surface area contributed by atoms with E-state index in [4.69, 9.17) is 9.47 Å². The summed E-state index contributed by atoms with van der Waals surface area (Å²) in [5.74, 6) is 0. The van der Waals surface area contributed by atoms with Crippen LogP contribution in [0.2, 0.25) is 0 Å². The van der Waals surface area contributed by atoms with Gasteiger partial charge in [0.25, 0.3) is 0 Å². The summed E-state index contributed by atoms with van der Waals surface area (Å²) in [5, 5.41) is 0. The van der Waals surface area contributed by atoms with Gasteiger partial charge in [0, 0.05) is 20.8 Å². The summed E-state index contributed by atoms with van der Waals surface area (Å²) in [6.45, 7) is 3.06. The van der Waals surface area contributed by atoms with Crippen LogP contribution in [0, 0.1) is 0 Å². The van der Waals surface area contributed by atoms with E-state index in [1.165, 1.54) is 38.5 Å². The third kappa shape index (κ3) is 8.52. The van der Waals surface area contributed by atoms with Crippen molar-refractivity contribution in [3.63, 3.8) is 0 Å².